The van der Waals surface area contributed by atoms with Crippen LogP contribution in [-0.4, -0.2) is 51.8 Å². The van der Waals surface area contributed by atoms with Crippen molar-refractivity contribution in [2.24, 2.45) is 0 Å². The molecule has 12 heteroatoms. The monoisotopic (exact) mass is 498 g/mol. The second-order valence-corrected chi connectivity index (χ2v) is 8.95. The highest BCUT2D eigenvalue weighted by Gasteiger charge is 2.64. The molecule has 3 aliphatic rings. The third-order valence-corrected chi connectivity index (χ3v) is 6.54. The highest BCUT2D eigenvalue weighted by molar-refractivity contribution is 6.31. The summed E-state index contributed by atoms with van der Waals surface area (Å²) in [5.74, 6) is -2.42. The minimum atomic E-state index is -1.68. The first kappa shape index (κ1) is 22.8. The summed E-state index contributed by atoms with van der Waals surface area (Å²) in [5, 5.41) is 13.7. The molecule has 3 amide bonds. The van der Waals surface area contributed by atoms with E-state index >= 15 is 0 Å². The molecule has 0 bridgehead atoms. The first-order chi connectivity index (χ1) is 16.7. The van der Waals surface area contributed by atoms with Crippen LogP contribution in [0.2, 0.25) is 5.02 Å². The average Bonchev–Trinajstić information content (AvgIpc) is 3.60. The van der Waals surface area contributed by atoms with Gasteiger partial charge < -0.3 is 15.0 Å². The molecule has 1 N–H and O–H groups in total. The molecule has 1 aliphatic carbocycles. The molecule has 0 unspecified atom stereocenters. The van der Waals surface area contributed by atoms with Gasteiger partial charge in [0.1, 0.15) is 5.69 Å². The lowest BCUT2D eigenvalue weighted by atomic mass is 9.96. The highest BCUT2D eigenvalue weighted by Crippen LogP contribution is 2.49. The van der Waals surface area contributed by atoms with Crippen molar-refractivity contribution in [3.63, 3.8) is 0 Å². The third-order valence-electron chi connectivity index (χ3n) is 6.30. The Bertz CT molecular complexity index is 1290. The van der Waals surface area contributed by atoms with E-state index < -0.39 is 34.8 Å². The van der Waals surface area contributed by atoms with Crippen LogP contribution in [0.1, 0.15) is 36.0 Å². The molecule has 180 valence electrons. The van der Waals surface area contributed by atoms with Gasteiger partial charge in [0.15, 0.2) is 6.61 Å². The summed E-state index contributed by atoms with van der Waals surface area (Å²) in [6.07, 6.45) is 1.44. The van der Waals surface area contributed by atoms with E-state index in [0.29, 0.717) is 24.1 Å². The Labute approximate surface area is 203 Å². The van der Waals surface area contributed by atoms with Crippen LogP contribution < -0.4 is 10.2 Å². The summed E-state index contributed by atoms with van der Waals surface area (Å²) in [5.41, 5.74) is -1.56. The van der Waals surface area contributed by atoms with Gasteiger partial charge in [0.2, 0.25) is 11.6 Å². The first-order valence-corrected chi connectivity index (χ1v) is 11.3. The van der Waals surface area contributed by atoms with Gasteiger partial charge in [-0.25, -0.2) is 4.79 Å². The number of halogens is 1. The zero-order valence-electron chi connectivity index (χ0n) is 18.2. The number of nitrogens with one attached hydrogen (secondary N) is 1. The number of rotatable bonds is 6. The molecular weight excluding hydrogens is 480 g/mol. The number of ether oxygens (including phenoxy) is 1. The van der Waals surface area contributed by atoms with Crippen molar-refractivity contribution in [2.45, 2.75) is 37.4 Å². The lowest BCUT2D eigenvalue weighted by Crippen LogP contribution is -2.69. The highest BCUT2D eigenvalue weighted by atomic mass is 35.5. The van der Waals surface area contributed by atoms with E-state index in [2.05, 4.69) is 5.32 Å². The van der Waals surface area contributed by atoms with Gasteiger partial charge in [0.05, 0.1) is 16.2 Å². The molecule has 1 saturated carbocycles. The van der Waals surface area contributed by atoms with E-state index in [9.17, 15) is 29.3 Å². The zero-order chi connectivity index (χ0) is 24.9. The van der Waals surface area contributed by atoms with E-state index in [1.807, 2.05) is 0 Å². The second-order valence-electron chi connectivity index (χ2n) is 8.51. The van der Waals surface area contributed by atoms with E-state index in [1.54, 1.807) is 24.3 Å². The Balaban J connectivity index is 1.41. The summed E-state index contributed by atoms with van der Waals surface area (Å²) >= 11 is 5.79. The van der Waals surface area contributed by atoms with Gasteiger partial charge in [-0.05, 0) is 37.1 Å². The maximum atomic E-state index is 13.5. The van der Waals surface area contributed by atoms with Gasteiger partial charge in [-0.1, -0.05) is 23.7 Å². The maximum Gasteiger partial charge on any atom is 0.354 e. The Morgan fingerprint density at radius 2 is 1.94 bits per heavy atom. The number of amides is 3. The van der Waals surface area contributed by atoms with Gasteiger partial charge in [0.25, 0.3) is 17.5 Å². The number of carbonyl (C=O) groups is 4. The molecule has 0 spiro atoms. The summed E-state index contributed by atoms with van der Waals surface area (Å²) in [6, 6.07) is 10.1. The number of benzene rings is 2. The summed E-state index contributed by atoms with van der Waals surface area (Å²) < 4.78 is 5.33. The Morgan fingerprint density at radius 3 is 2.66 bits per heavy atom. The summed E-state index contributed by atoms with van der Waals surface area (Å²) in [6.45, 7) is -0.767. The second kappa shape index (κ2) is 8.35. The number of fused-ring (bicyclic) bond motifs is 3. The van der Waals surface area contributed by atoms with Crippen LogP contribution >= 0.6 is 11.6 Å². The molecule has 35 heavy (non-hydrogen) atoms. The smallest absolute Gasteiger partial charge is 0.354 e. The molecule has 1 saturated heterocycles. The van der Waals surface area contributed by atoms with Crippen LogP contribution in [0.3, 0.4) is 0 Å². The molecule has 0 aromatic heterocycles. The minimum absolute atomic E-state index is 0.0309. The van der Waals surface area contributed by atoms with Gasteiger partial charge in [0, 0.05) is 30.0 Å². The number of esters is 1. The molecule has 1 atom stereocenters. The number of hydrogen-bond acceptors (Lipinski definition) is 7. The zero-order valence-corrected chi connectivity index (χ0v) is 19.0. The van der Waals surface area contributed by atoms with Gasteiger partial charge in [-0.3, -0.25) is 29.4 Å². The van der Waals surface area contributed by atoms with Gasteiger partial charge in [-0.2, -0.15) is 0 Å². The molecule has 2 aromatic carbocycles. The van der Waals surface area contributed by atoms with Crippen LogP contribution in [0.15, 0.2) is 42.5 Å². The normalized spacial score (nSPS) is 20.8. The van der Waals surface area contributed by atoms with Crippen molar-refractivity contribution in [2.75, 3.05) is 16.8 Å². The van der Waals surface area contributed by atoms with Gasteiger partial charge in [-0.15, -0.1) is 0 Å². The van der Waals surface area contributed by atoms with Crippen molar-refractivity contribution in [1.29, 1.82) is 0 Å². The maximum absolute atomic E-state index is 13.5. The standard InChI is InChI=1S/C23H19ClN4O7/c24-13-5-8-16(18(11-13)28(33)34)25-19(29)12-35-22(32)23-10-9-20(30)27(23)17-4-2-1-3-15(17)21(31)26(23)14-6-7-14/h1-5,8,11,14H,6-7,9-10,12H2,(H,25,29)/t23-/m1/s1. The van der Waals surface area contributed by atoms with E-state index in [0.717, 1.165) is 6.07 Å². The van der Waals surface area contributed by atoms with Crippen LogP contribution in [0.5, 0.6) is 0 Å². The molecule has 5 rings (SSSR count). The van der Waals surface area contributed by atoms with Crippen LogP contribution in [-0.2, 0) is 19.1 Å². The predicted octanol–water partition coefficient (Wildman–Crippen LogP) is 2.87. The summed E-state index contributed by atoms with van der Waals surface area (Å²) in [4.78, 5) is 65.6. The quantitative estimate of drug-likeness (QED) is 0.367. The van der Waals surface area contributed by atoms with Crippen molar-refractivity contribution < 1.29 is 28.8 Å². The Hall–Kier alpha value is -3.99. The fourth-order valence-corrected chi connectivity index (χ4v) is 4.87. The largest absolute Gasteiger partial charge is 0.452 e. The van der Waals surface area contributed by atoms with E-state index in [1.165, 1.54) is 21.9 Å². The number of carbonyl (C=O) groups excluding carboxylic acids is 4. The summed E-state index contributed by atoms with van der Waals surface area (Å²) in [7, 11) is 0. The van der Waals surface area contributed by atoms with Crippen molar-refractivity contribution in [3.8, 4) is 0 Å². The predicted molar refractivity (Wildman–Crippen MR) is 123 cm³/mol. The molecule has 2 aromatic rings. The van der Waals surface area contributed by atoms with Crippen LogP contribution in [0.4, 0.5) is 17.1 Å². The molecule has 2 fully saturated rings. The molecular formula is C23H19ClN4O7. The van der Waals surface area contributed by atoms with E-state index in [-0.39, 0.29) is 41.4 Å². The lowest BCUT2D eigenvalue weighted by molar-refractivity contribution is -0.383. The number of nitro groups is 1. The number of hydrogen-bond donors (Lipinski definition) is 1. The van der Waals surface area contributed by atoms with Crippen LogP contribution in [0, 0.1) is 10.1 Å². The van der Waals surface area contributed by atoms with Crippen molar-refractivity contribution in [3.05, 3.63) is 63.2 Å². The molecule has 2 aliphatic heterocycles. The first-order valence-electron chi connectivity index (χ1n) is 10.9. The SMILES string of the molecule is O=C(COC(=O)[C@@]12CCC(=O)N1c1ccccc1C(=O)N2C1CC1)Nc1ccc(Cl)cc1[N+](=O)[O-]. The van der Waals surface area contributed by atoms with Crippen LogP contribution in [0.25, 0.3) is 0 Å². The van der Waals surface area contributed by atoms with Gasteiger partial charge >= 0.3 is 5.97 Å². The van der Waals surface area contributed by atoms with Crippen molar-refractivity contribution in [1.82, 2.24) is 4.90 Å². The minimum Gasteiger partial charge on any atom is -0.452 e. The Kier molecular flexibility index (Phi) is 5.43. The Morgan fingerprint density at radius 1 is 1.20 bits per heavy atom. The number of para-hydroxylation sites is 1. The average molecular weight is 499 g/mol. The molecule has 2 heterocycles. The molecule has 0 radical (unpaired) electrons. The number of anilines is 2. The third kappa shape index (κ3) is 3.68. The fraction of sp³-hybridized carbons (Fsp3) is 0.304. The topological polar surface area (TPSA) is 139 Å². The lowest BCUT2D eigenvalue weighted by Gasteiger charge is -2.48. The molecule has 11 nitrogen and oxygen atoms in total. The number of nitro benzene ring substituents is 1. The van der Waals surface area contributed by atoms with Crippen molar-refractivity contribution >= 4 is 52.4 Å². The number of nitrogens with zero attached hydrogens (tertiary/aromatic N) is 3. The fourth-order valence-electron chi connectivity index (χ4n) is 4.71. The van der Waals surface area contributed by atoms with E-state index in [4.69, 9.17) is 16.3 Å².